The standard InChI is InChI=1S/C16H17N5O2S/c17-21-14-13-8-12(24-16(13)20-9-19-14)7-10-1-3-11(4-2-10)15(23)18-5-6-22/h1-4,8-9,22H,5-7,17H2,(H,18,23)(H,19,20,21). The Morgan fingerprint density at radius 3 is 2.75 bits per heavy atom. The Balaban J connectivity index is 1.75. The second-order valence-electron chi connectivity index (χ2n) is 5.15. The lowest BCUT2D eigenvalue weighted by molar-refractivity contribution is 0.0945. The van der Waals surface area contributed by atoms with E-state index in [0.717, 1.165) is 27.1 Å². The molecule has 3 rings (SSSR count). The van der Waals surface area contributed by atoms with Crippen LogP contribution in [0.15, 0.2) is 36.7 Å². The molecule has 0 atom stereocenters. The summed E-state index contributed by atoms with van der Waals surface area (Å²) in [5.74, 6) is 5.89. The minimum atomic E-state index is -0.189. The molecule has 24 heavy (non-hydrogen) atoms. The zero-order chi connectivity index (χ0) is 16.9. The van der Waals surface area contributed by atoms with Gasteiger partial charge in [-0.25, -0.2) is 15.8 Å². The van der Waals surface area contributed by atoms with Gasteiger partial charge in [0, 0.05) is 23.4 Å². The molecule has 2 heterocycles. The van der Waals surface area contributed by atoms with Crippen molar-refractivity contribution in [1.29, 1.82) is 0 Å². The second-order valence-corrected chi connectivity index (χ2v) is 6.27. The quantitative estimate of drug-likeness (QED) is 0.396. The number of aromatic nitrogens is 2. The van der Waals surface area contributed by atoms with Crippen molar-refractivity contribution in [2.45, 2.75) is 6.42 Å². The largest absolute Gasteiger partial charge is 0.395 e. The van der Waals surface area contributed by atoms with Gasteiger partial charge < -0.3 is 15.8 Å². The van der Waals surface area contributed by atoms with E-state index in [1.807, 2.05) is 18.2 Å². The molecule has 7 nitrogen and oxygen atoms in total. The number of aliphatic hydroxyl groups is 1. The highest BCUT2D eigenvalue weighted by molar-refractivity contribution is 7.18. The average Bonchev–Trinajstić information content (AvgIpc) is 3.02. The van der Waals surface area contributed by atoms with Gasteiger partial charge in [0.2, 0.25) is 0 Å². The monoisotopic (exact) mass is 343 g/mol. The number of hydrazine groups is 1. The number of carbonyl (C=O) groups is 1. The van der Waals surface area contributed by atoms with E-state index in [-0.39, 0.29) is 19.1 Å². The SMILES string of the molecule is NNc1ncnc2sc(Cc3ccc(C(=O)NCCO)cc3)cc12. The van der Waals surface area contributed by atoms with Crippen molar-refractivity contribution in [2.24, 2.45) is 5.84 Å². The summed E-state index contributed by atoms with van der Waals surface area (Å²) in [6.45, 7) is 0.180. The van der Waals surface area contributed by atoms with E-state index in [0.29, 0.717) is 11.4 Å². The number of amides is 1. The van der Waals surface area contributed by atoms with Crippen molar-refractivity contribution in [3.8, 4) is 0 Å². The molecular weight excluding hydrogens is 326 g/mol. The van der Waals surface area contributed by atoms with Crippen LogP contribution in [0.25, 0.3) is 10.2 Å². The van der Waals surface area contributed by atoms with E-state index in [4.69, 9.17) is 10.9 Å². The molecule has 124 valence electrons. The molecule has 0 saturated heterocycles. The summed E-state index contributed by atoms with van der Waals surface area (Å²) < 4.78 is 0. The van der Waals surface area contributed by atoms with Crippen LogP contribution in [0.1, 0.15) is 20.8 Å². The molecule has 0 spiro atoms. The normalized spacial score (nSPS) is 10.8. The molecule has 0 aliphatic carbocycles. The van der Waals surface area contributed by atoms with Gasteiger partial charge in [-0.3, -0.25) is 4.79 Å². The van der Waals surface area contributed by atoms with E-state index in [2.05, 4.69) is 20.7 Å². The summed E-state index contributed by atoms with van der Waals surface area (Å²) in [6, 6.07) is 9.43. The second kappa shape index (κ2) is 7.35. The smallest absolute Gasteiger partial charge is 0.251 e. The lowest BCUT2D eigenvalue weighted by Crippen LogP contribution is -2.26. The molecule has 1 amide bonds. The third-order valence-corrected chi connectivity index (χ3v) is 4.55. The first kappa shape index (κ1) is 16.3. The van der Waals surface area contributed by atoms with Crippen LogP contribution in [0.4, 0.5) is 5.82 Å². The minimum Gasteiger partial charge on any atom is -0.395 e. The number of benzene rings is 1. The lowest BCUT2D eigenvalue weighted by atomic mass is 10.1. The molecule has 3 aromatic rings. The predicted molar refractivity (Wildman–Crippen MR) is 93.9 cm³/mol. The maximum atomic E-state index is 11.8. The topological polar surface area (TPSA) is 113 Å². The Hall–Kier alpha value is -2.55. The fourth-order valence-corrected chi connectivity index (χ4v) is 3.38. The summed E-state index contributed by atoms with van der Waals surface area (Å²) in [6.07, 6.45) is 2.22. The summed E-state index contributed by atoms with van der Waals surface area (Å²) >= 11 is 1.59. The van der Waals surface area contributed by atoms with Crippen molar-refractivity contribution >= 4 is 33.3 Å². The minimum absolute atomic E-state index is 0.0711. The number of nitrogens with one attached hydrogen (secondary N) is 2. The van der Waals surface area contributed by atoms with E-state index in [1.165, 1.54) is 6.33 Å². The summed E-state index contributed by atoms with van der Waals surface area (Å²) in [5.41, 5.74) is 4.24. The maximum absolute atomic E-state index is 11.8. The number of nitrogen functional groups attached to an aromatic ring is 1. The van der Waals surface area contributed by atoms with Crippen LogP contribution in [0.5, 0.6) is 0 Å². The molecule has 0 unspecified atom stereocenters. The van der Waals surface area contributed by atoms with E-state index in [9.17, 15) is 4.79 Å². The molecular formula is C16H17N5O2S. The third-order valence-electron chi connectivity index (χ3n) is 3.51. The molecule has 0 saturated carbocycles. The van der Waals surface area contributed by atoms with Gasteiger partial charge in [0.1, 0.15) is 11.2 Å². The maximum Gasteiger partial charge on any atom is 0.251 e. The molecule has 0 fully saturated rings. The van der Waals surface area contributed by atoms with Crippen LogP contribution in [0.2, 0.25) is 0 Å². The fraction of sp³-hybridized carbons (Fsp3) is 0.188. The van der Waals surface area contributed by atoms with Crippen LogP contribution in [0, 0.1) is 0 Å². The van der Waals surface area contributed by atoms with Gasteiger partial charge >= 0.3 is 0 Å². The van der Waals surface area contributed by atoms with Crippen molar-refractivity contribution < 1.29 is 9.90 Å². The van der Waals surface area contributed by atoms with Crippen molar-refractivity contribution in [2.75, 3.05) is 18.6 Å². The molecule has 1 aromatic carbocycles. The third kappa shape index (κ3) is 3.51. The summed E-state index contributed by atoms with van der Waals surface area (Å²) in [5, 5.41) is 12.3. The number of aliphatic hydroxyl groups excluding tert-OH is 1. The van der Waals surface area contributed by atoms with Crippen LogP contribution in [-0.4, -0.2) is 34.1 Å². The van der Waals surface area contributed by atoms with Crippen LogP contribution in [0.3, 0.4) is 0 Å². The van der Waals surface area contributed by atoms with E-state index >= 15 is 0 Å². The highest BCUT2D eigenvalue weighted by Gasteiger charge is 2.09. The van der Waals surface area contributed by atoms with Gasteiger partial charge in [-0.05, 0) is 23.8 Å². The molecule has 0 radical (unpaired) electrons. The lowest BCUT2D eigenvalue weighted by Gasteiger charge is -2.04. The Labute approximate surface area is 142 Å². The Kier molecular flexibility index (Phi) is 4.99. The summed E-state index contributed by atoms with van der Waals surface area (Å²) in [4.78, 5) is 22.2. The number of thiophene rings is 1. The number of fused-ring (bicyclic) bond motifs is 1. The highest BCUT2D eigenvalue weighted by Crippen LogP contribution is 2.29. The van der Waals surface area contributed by atoms with Gasteiger partial charge in [-0.15, -0.1) is 11.3 Å². The van der Waals surface area contributed by atoms with Crippen LogP contribution in [-0.2, 0) is 6.42 Å². The van der Waals surface area contributed by atoms with Crippen LogP contribution < -0.4 is 16.6 Å². The molecule has 0 aliphatic rings. The molecule has 0 bridgehead atoms. The van der Waals surface area contributed by atoms with Gasteiger partial charge in [-0.1, -0.05) is 12.1 Å². The number of hydrogen-bond acceptors (Lipinski definition) is 7. The highest BCUT2D eigenvalue weighted by atomic mass is 32.1. The first-order valence-electron chi connectivity index (χ1n) is 7.39. The van der Waals surface area contributed by atoms with E-state index in [1.54, 1.807) is 23.5 Å². The number of rotatable bonds is 6. The van der Waals surface area contributed by atoms with Gasteiger partial charge in [0.05, 0.1) is 12.0 Å². The molecule has 0 aliphatic heterocycles. The van der Waals surface area contributed by atoms with Crippen LogP contribution >= 0.6 is 11.3 Å². The Bertz CT molecular complexity index is 847. The zero-order valence-electron chi connectivity index (χ0n) is 12.8. The number of anilines is 1. The summed E-state index contributed by atoms with van der Waals surface area (Å²) in [7, 11) is 0. The van der Waals surface area contributed by atoms with Crippen molar-refractivity contribution in [3.05, 3.63) is 52.7 Å². The van der Waals surface area contributed by atoms with Gasteiger partial charge in [-0.2, -0.15) is 0 Å². The molecule has 2 aromatic heterocycles. The first-order valence-corrected chi connectivity index (χ1v) is 8.21. The van der Waals surface area contributed by atoms with Crippen molar-refractivity contribution in [1.82, 2.24) is 15.3 Å². The number of hydrogen-bond donors (Lipinski definition) is 4. The van der Waals surface area contributed by atoms with E-state index < -0.39 is 0 Å². The Morgan fingerprint density at radius 2 is 2.04 bits per heavy atom. The molecule has 5 N–H and O–H groups in total. The van der Waals surface area contributed by atoms with Gasteiger partial charge in [0.25, 0.3) is 5.91 Å². The number of nitrogens with two attached hydrogens (primary N) is 1. The fourth-order valence-electron chi connectivity index (χ4n) is 2.35. The zero-order valence-corrected chi connectivity index (χ0v) is 13.6. The first-order chi connectivity index (χ1) is 11.7. The van der Waals surface area contributed by atoms with Crippen molar-refractivity contribution in [3.63, 3.8) is 0 Å². The molecule has 8 heteroatoms. The number of nitrogens with zero attached hydrogens (tertiary/aromatic N) is 2. The Morgan fingerprint density at radius 1 is 1.25 bits per heavy atom. The predicted octanol–water partition coefficient (Wildman–Crippen LogP) is 1.29. The number of carbonyl (C=O) groups excluding carboxylic acids is 1. The van der Waals surface area contributed by atoms with Gasteiger partial charge in [0.15, 0.2) is 5.82 Å². The average molecular weight is 343 g/mol.